The van der Waals surface area contributed by atoms with Crippen LogP contribution in [-0.4, -0.2) is 17.3 Å². The van der Waals surface area contributed by atoms with E-state index in [9.17, 15) is 10.0 Å². The SMILES string of the molecule is [O-]B([O-])c1cn[nH]c1. The summed E-state index contributed by atoms with van der Waals surface area (Å²) < 4.78 is 0. The van der Waals surface area contributed by atoms with Gasteiger partial charge in [0.05, 0.1) is 0 Å². The lowest BCUT2D eigenvalue weighted by Gasteiger charge is -2.23. The van der Waals surface area contributed by atoms with Crippen LogP contribution in [0.5, 0.6) is 0 Å². The molecule has 4 nitrogen and oxygen atoms in total. The molecular formula is C3H3BN2O2-2. The molecule has 1 N–H and O–H groups in total. The van der Waals surface area contributed by atoms with Gasteiger partial charge < -0.3 is 10.0 Å². The summed E-state index contributed by atoms with van der Waals surface area (Å²) in [6.07, 6.45) is 2.52. The van der Waals surface area contributed by atoms with E-state index >= 15 is 0 Å². The molecule has 0 aromatic carbocycles. The first-order valence-electron chi connectivity index (χ1n) is 2.11. The van der Waals surface area contributed by atoms with E-state index in [2.05, 4.69) is 10.2 Å². The first kappa shape index (κ1) is 5.33. The highest BCUT2D eigenvalue weighted by molar-refractivity contribution is 6.55. The van der Waals surface area contributed by atoms with E-state index in [1.807, 2.05) is 0 Å². The number of nitrogens with one attached hydrogen (secondary N) is 1. The van der Waals surface area contributed by atoms with Gasteiger partial charge in [-0.15, -0.1) is 0 Å². The number of hydrogen-bond donors (Lipinski definition) is 1. The third-order valence-electron chi connectivity index (χ3n) is 0.792. The second-order valence-corrected chi connectivity index (χ2v) is 1.36. The van der Waals surface area contributed by atoms with Gasteiger partial charge >= 0.3 is 0 Å². The molecule has 1 aromatic rings. The van der Waals surface area contributed by atoms with Crippen LogP contribution >= 0.6 is 0 Å². The number of aromatic nitrogens is 2. The average molecular weight is 110 g/mol. The van der Waals surface area contributed by atoms with Gasteiger partial charge in [0.15, 0.2) is 0 Å². The number of rotatable bonds is 1. The average Bonchev–Trinajstić information content (AvgIpc) is 2.12. The van der Waals surface area contributed by atoms with Crippen molar-refractivity contribution in [1.82, 2.24) is 10.2 Å². The molecule has 0 fully saturated rings. The van der Waals surface area contributed by atoms with E-state index in [0.29, 0.717) is 0 Å². The van der Waals surface area contributed by atoms with E-state index in [-0.39, 0.29) is 5.46 Å². The van der Waals surface area contributed by atoms with Crippen LogP contribution in [0.25, 0.3) is 0 Å². The molecule has 5 heteroatoms. The van der Waals surface area contributed by atoms with Gasteiger partial charge in [0.2, 0.25) is 0 Å². The molecule has 1 heterocycles. The third kappa shape index (κ3) is 0.880. The fourth-order valence-electron chi connectivity index (χ4n) is 0.390. The molecule has 0 saturated heterocycles. The Morgan fingerprint density at radius 3 is 2.62 bits per heavy atom. The summed E-state index contributed by atoms with van der Waals surface area (Å²) in [7, 11) is -1.91. The highest BCUT2D eigenvalue weighted by atomic mass is 16.4. The molecule has 0 aliphatic rings. The molecule has 0 aliphatic carbocycles. The maximum atomic E-state index is 9.97. The molecule has 0 bridgehead atoms. The van der Waals surface area contributed by atoms with Crippen molar-refractivity contribution in [1.29, 1.82) is 0 Å². The molecule has 42 valence electrons. The minimum atomic E-state index is -1.91. The minimum absolute atomic E-state index is 0.157. The Bertz CT molecular complexity index is 150. The van der Waals surface area contributed by atoms with Crippen molar-refractivity contribution in [3.05, 3.63) is 12.4 Å². The van der Waals surface area contributed by atoms with Crippen LogP contribution in [0.2, 0.25) is 0 Å². The van der Waals surface area contributed by atoms with Crippen molar-refractivity contribution in [2.75, 3.05) is 0 Å². The molecule has 0 radical (unpaired) electrons. The summed E-state index contributed by atoms with van der Waals surface area (Å²) in [5.74, 6) is 0. The molecule has 0 amide bonds. The Kier molecular flexibility index (Phi) is 1.32. The van der Waals surface area contributed by atoms with Gasteiger partial charge in [-0.05, 0) is 0 Å². The number of hydrogen-bond acceptors (Lipinski definition) is 3. The van der Waals surface area contributed by atoms with Crippen molar-refractivity contribution in [2.24, 2.45) is 0 Å². The highest BCUT2D eigenvalue weighted by Gasteiger charge is 1.83. The lowest BCUT2D eigenvalue weighted by Crippen LogP contribution is -2.54. The van der Waals surface area contributed by atoms with Crippen LogP contribution in [0, 0.1) is 0 Å². The number of aromatic amines is 1. The third-order valence-corrected chi connectivity index (χ3v) is 0.792. The second-order valence-electron chi connectivity index (χ2n) is 1.36. The molecule has 0 unspecified atom stereocenters. The predicted molar refractivity (Wildman–Crippen MR) is 24.0 cm³/mol. The first-order chi connectivity index (χ1) is 3.80. The topological polar surface area (TPSA) is 74.8 Å². The minimum Gasteiger partial charge on any atom is -0.889 e. The van der Waals surface area contributed by atoms with Crippen LogP contribution in [0.15, 0.2) is 12.4 Å². The van der Waals surface area contributed by atoms with Crippen LogP contribution < -0.4 is 15.5 Å². The summed E-state index contributed by atoms with van der Waals surface area (Å²) >= 11 is 0. The lowest BCUT2D eigenvalue weighted by atomic mass is 9.83. The fourth-order valence-corrected chi connectivity index (χ4v) is 0.390. The van der Waals surface area contributed by atoms with Gasteiger partial charge in [0.1, 0.15) is 0 Å². The summed E-state index contributed by atoms with van der Waals surface area (Å²) in [4.78, 5) is 0. The Hall–Kier alpha value is -0.805. The quantitative estimate of drug-likeness (QED) is 0.387. The van der Waals surface area contributed by atoms with Crippen LogP contribution in [-0.2, 0) is 0 Å². The van der Waals surface area contributed by atoms with E-state index < -0.39 is 7.12 Å². The maximum Gasteiger partial charge on any atom is 0.0395 e. The standard InChI is InChI=1S/C3H3BN2O2/c7-4(8)3-1-5-6-2-3/h1-2H,(H,5,6)/q-2. The predicted octanol–water partition coefficient (Wildman–Crippen LogP) is -3.17. The Morgan fingerprint density at radius 2 is 2.38 bits per heavy atom. The fraction of sp³-hybridized carbons (Fsp3) is 0. The molecule has 0 aliphatic heterocycles. The van der Waals surface area contributed by atoms with Gasteiger partial charge in [-0.3, -0.25) is 5.10 Å². The van der Waals surface area contributed by atoms with Crippen molar-refractivity contribution >= 4 is 12.6 Å². The zero-order valence-corrected chi connectivity index (χ0v) is 4.00. The van der Waals surface area contributed by atoms with Crippen molar-refractivity contribution in [3.63, 3.8) is 0 Å². The summed E-state index contributed by atoms with van der Waals surface area (Å²) in [5.41, 5.74) is 0.157. The molecular weight excluding hydrogens is 107 g/mol. The van der Waals surface area contributed by atoms with E-state index in [1.54, 1.807) is 0 Å². The van der Waals surface area contributed by atoms with Crippen molar-refractivity contribution < 1.29 is 10.0 Å². The lowest BCUT2D eigenvalue weighted by molar-refractivity contribution is -0.341. The Morgan fingerprint density at radius 1 is 1.62 bits per heavy atom. The van der Waals surface area contributed by atoms with Gasteiger partial charge in [-0.25, -0.2) is 0 Å². The van der Waals surface area contributed by atoms with Crippen molar-refractivity contribution in [3.8, 4) is 0 Å². The smallest absolute Gasteiger partial charge is 0.0395 e. The first-order valence-corrected chi connectivity index (χ1v) is 2.11. The second kappa shape index (κ2) is 1.98. The summed E-state index contributed by atoms with van der Waals surface area (Å²) in [5, 5.41) is 25.7. The van der Waals surface area contributed by atoms with Gasteiger partial charge in [-0.1, -0.05) is 12.6 Å². The summed E-state index contributed by atoms with van der Waals surface area (Å²) in [6, 6.07) is 0. The zero-order chi connectivity index (χ0) is 5.98. The monoisotopic (exact) mass is 110 g/mol. The van der Waals surface area contributed by atoms with E-state index in [1.165, 1.54) is 12.4 Å². The Labute approximate surface area is 46.3 Å². The molecule has 0 saturated carbocycles. The molecule has 1 rings (SSSR count). The van der Waals surface area contributed by atoms with Crippen LogP contribution in [0.4, 0.5) is 0 Å². The highest BCUT2D eigenvalue weighted by Crippen LogP contribution is 1.66. The van der Waals surface area contributed by atoms with Gasteiger partial charge in [-0.2, -0.15) is 5.10 Å². The normalized spacial score (nSPS) is 9.25. The van der Waals surface area contributed by atoms with Gasteiger partial charge in [0.25, 0.3) is 0 Å². The zero-order valence-electron chi connectivity index (χ0n) is 4.00. The van der Waals surface area contributed by atoms with Crippen LogP contribution in [0.1, 0.15) is 0 Å². The molecule has 8 heavy (non-hydrogen) atoms. The van der Waals surface area contributed by atoms with Gasteiger partial charge in [0, 0.05) is 12.4 Å². The molecule has 0 spiro atoms. The van der Waals surface area contributed by atoms with Crippen LogP contribution in [0.3, 0.4) is 0 Å². The molecule has 1 aromatic heterocycles. The van der Waals surface area contributed by atoms with E-state index in [4.69, 9.17) is 0 Å². The largest absolute Gasteiger partial charge is 0.889 e. The van der Waals surface area contributed by atoms with Crippen molar-refractivity contribution in [2.45, 2.75) is 0 Å². The summed E-state index contributed by atoms with van der Waals surface area (Å²) in [6.45, 7) is 0. The number of H-pyrrole nitrogens is 1. The Balaban J connectivity index is 2.77. The maximum absolute atomic E-state index is 9.97. The van der Waals surface area contributed by atoms with E-state index in [0.717, 1.165) is 0 Å². The molecule has 0 atom stereocenters. The number of nitrogens with zero attached hydrogens (tertiary/aromatic N) is 1.